The van der Waals surface area contributed by atoms with Crippen molar-refractivity contribution in [3.05, 3.63) is 34.5 Å². The largest absolute Gasteiger partial charge is 0.446 e. The second-order valence-corrected chi connectivity index (χ2v) is 5.74. The molecular weight excluding hydrogens is 362 g/mol. The molecule has 3 aromatic rings. The maximum Gasteiger partial charge on any atom is 0.254 e. The Morgan fingerprint density at radius 2 is 2.09 bits per heavy atom. The number of aromatic nitrogens is 3. The molecule has 8 heteroatoms. The van der Waals surface area contributed by atoms with Crippen molar-refractivity contribution in [2.45, 2.75) is 13.8 Å². The van der Waals surface area contributed by atoms with Crippen LogP contribution in [-0.4, -0.2) is 38.5 Å². The van der Waals surface area contributed by atoms with Gasteiger partial charge in [0, 0.05) is 18.7 Å². The monoisotopic (exact) mass is 377 g/mol. The molecule has 120 valence electrons. The third kappa shape index (κ3) is 2.81. The fourth-order valence-electron chi connectivity index (χ4n) is 2.36. The quantitative estimate of drug-likeness (QED) is 0.754. The third-order valence-corrected chi connectivity index (χ3v) is 3.98. The van der Waals surface area contributed by atoms with Gasteiger partial charge in [0.2, 0.25) is 5.82 Å². The predicted octanol–water partition coefficient (Wildman–Crippen LogP) is 2.82. The highest BCUT2D eigenvalue weighted by Crippen LogP contribution is 2.24. The number of carbonyl (C=O) groups excluding carboxylic acids is 1. The average molecular weight is 378 g/mol. The molecule has 1 amide bonds. The van der Waals surface area contributed by atoms with Gasteiger partial charge < -0.3 is 15.1 Å². The van der Waals surface area contributed by atoms with Crippen LogP contribution in [0, 0.1) is 0 Å². The van der Waals surface area contributed by atoms with E-state index in [4.69, 9.17) is 10.2 Å². The van der Waals surface area contributed by atoms with E-state index in [-0.39, 0.29) is 5.91 Å². The highest BCUT2D eigenvalue weighted by molar-refractivity contribution is 9.10. The van der Waals surface area contributed by atoms with Crippen LogP contribution in [0.4, 0.5) is 5.82 Å². The molecule has 0 saturated carbocycles. The maximum atomic E-state index is 12.5. The fourth-order valence-corrected chi connectivity index (χ4v) is 2.67. The van der Waals surface area contributed by atoms with Gasteiger partial charge in [0.15, 0.2) is 16.1 Å². The molecule has 0 fully saturated rings. The number of furan rings is 1. The summed E-state index contributed by atoms with van der Waals surface area (Å²) in [5.74, 6) is 1.21. The summed E-state index contributed by atoms with van der Waals surface area (Å²) in [5.41, 5.74) is 7.03. The molecule has 0 unspecified atom stereocenters. The van der Waals surface area contributed by atoms with Gasteiger partial charge in [-0.05, 0) is 54.0 Å². The van der Waals surface area contributed by atoms with Crippen LogP contribution in [0.5, 0.6) is 0 Å². The number of carbonyl (C=O) groups is 1. The molecule has 0 aliphatic carbocycles. The zero-order valence-corrected chi connectivity index (χ0v) is 14.4. The first-order valence-corrected chi connectivity index (χ1v) is 8.04. The minimum atomic E-state index is -0.0745. The van der Waals surface area contributed by atoms with E-state index >= 15 is 0 Å². The Bertz CT molecular complexity index is 866. The van der Waals surface area contributed by atoms with Gasteiger partial charge in [-0.1, -0.05) is 0 Å². The van der Waals surface area contributed by atoms with Crippen LogP contribution in [0.15, 0.2) is 33.4 Å². The number of hydrogen-bond acceptors (Lipinski definition) is 5. The maximum absolute atomic E-state index is 12.5. The van der Waals surface area contributed by atoms with Gasteiger partial charge in [0.1, 0.15) is 5.82 Å². The van der Waals surface area contributed by atoms with Gasteiger partial charge >= 0.3 is 0 Å². The standard InChI is InChI=1S/C15H16BrN5O2/c1-3-20(4-2)15(22)9-7-12(17)21-13(8-9)18-14(19-21)10-5-6-11(16)23-10/h5-8H,3-4,17H2,1-2H3. The summed E-state index contributed by atoms with van der Waals surface area (Å²) in [6.45, 7) is 5.15. The van der Waals surface area contributed by atoms with Gasteiger partial charge in [-0.25, -0.2) is 4.98 Å². The number of anilines is 1. The molecule has 0 aliphatic rings. The Balaban J connectivity index is 2.06. The summed E-state index contributed by atoms with van der Waals surface area (Å²) in [6.07, 6.45) is 0. The fraction of sp³-hybridized carbons (Fsp3) is 0.267. The molecule has 0 atom stereocenters. The molecular formula is C15H16BrN5O2. The van der Waals surface area contributed by atoms with Crippen molar-refractivity contribution in [1.29, 1.82) is 0 Å². The molecule has 7 nitrogen and oxygen atoms in total. The van der Waals surface area contributed by atoms with Gasteiger partial charge in [0.05, 0.1) is 0 Å². The number of halogens is 1. The number of rotatable bonds is 4. The van der Waals surface area contributed by atoms with Crippen molar-refractivity contribution in [1.82, 2.24) is 19.5 Å². The molecule has 0 aromatic carbocycles. The van der Waals surface area contributed by atoms with E-state index in [2.05, 4.69) is 26.0 Å². The van der Waals surface area contributed by atoms with Crippen LogP contribution in [0.3, 0.4) is 0 Å². The molecule has 0 spiro atoms. The van der Waals surface area contributed by atoms with Gasteiger partial charge in [-0.15, -0.1) is 5.10 Å². The number of nitrogen functional groups attached to an aromatic ring is 1. The first kappa shape index (κ1) is 15.5. The molecule has 2 N–H and O–H groups in total. The Labute approximate surface area is 141 Å². The van der Waals surface area contributed by atoms with Gasteiger partial charge in [-0.3, -0.25) is 4.79 Å². The Morgan fingerprint density at radius 3 is 2.70 bits per heavy atom. The Hall–Kier alpha value is -2.35. The number of fused-ring (bicyclic) bond motifs is 1. The molecule has 3 rings (SSSR count). The van der Waals surface area contributed by atoms with E-state index in [0.717, 1.165) is 0 Å². The molecule has 3 heterocycles. The smallest absolute Gasteiger partial charge is 0.254 e. The van der Waals surface area contributed by atoms with Crippen LogP contribution in [-0.2, 0) is 0 Å². The minimum absolute atomic E-state index is 0.0745. The van der Waals surface area contributed by atoms with E-state index in [1.807, 2.05) is 13.8 Å². The number of pyridine rings is 1. The lowest BCUT2D eigenvalue weighted by atomic mass is 10.2. The highest BCUT2D eigenvalue weighted by Gasteiger charge is 2.17. The van der Waals surface area contributed by atoms with Crippen molar-refractivity contribution >= 4 is 33.3 Å². The SMILES string of the molecule is CCN(CC)C(=O)c1cc(N)n2nc(-c3ccc(Br)o3)nc2c1. The molecule has 23 heavy (non-hydrogen) atoms. The van der Waals surface area contributed by atoms with E-state index in [9.17, 15) is 4.79 Å². The van der Waals surface area contributed by atoms with E-state index in [1.54, 1.807) is 29.2 Å². The van der Waals surface area contributed by atoms with Crippen molar-refractivity contribution in [2.75, 3.05) is 18.8 Å². The predicted molar refractivity (Wildman–Crippen MR) is 90.1 cm³/mol. The lowest BCUT2D eigenvalue weighted by molar-refractivity contribution is 0.0773. The van der Waals surface area contributed by atoms with E-state index < -0.39 is 0 Å². The van der Waals surface area contributed by atoms with E-state index in [0.29, 0.717) is 46.4 Å². The summed E-state index contributed by atoms with van der Waals surface area (Å²) in [5, 5.41) is 4.32. The number of nitrogens with zero attached hydrogens (tertiary/aromatic N) is 4. The van der Waals surface area contributed by atoms with Crippen molar-refractivity contribution in [3.8, 4) is 11.6 Å². The summed E-state index contributed by atoms with van der Waals surface area (Å²) in [4.78, 5) is 18.6. The number of amides is 1. The topological polar surface area (TPSA) is 89.7 Å². The lowest BCUT2D eigenvalue weighted by Crippen LogP contribution is -2.30. The van der Waals surface area contributed by atoms with Crippen LogP contribution >= 0.6 is 15.9 Å². The first-order valence-electron chi connectivity index (χ1n) is 7.24. The lowest BCUT2D eigenvalue weighted by Gasteiger charge is -2.18. The average Bonchev–Trinajstić information content (AvgIpc) is 3.14. The summed E-state index contributed by atoms with van der Waals surface area (Å²) >= 11 is 3.25. The van der Waals surface area contributed by atoms with Crippen molar-refractivity contribution < 1.29 is 9.21 Å². The van der Waals surface area contributed by atoms with Crippen LogP contribution < -0.4 is 5.73 Å². The molecule has 0 bridgehead atoms. The third-order valence-electron chi connectivity index (χ3n) is 3.56. The second-order valence-electron chi connectivity index (χ2n) is 4.96. The summed E-state index contributed by atoms with van der Waals surface area (Å²) in [6, 6.07) is 6.83. The number of hydrogen-bond donors (Lipinski definition) is 1. The Kier molecular flexibility index (Phi) is 4.08. The van der Waals surface area contributed by atoms with Crippen LogP contribution in [0.25, 0.3) is 17.2 Å². The molecule has 0 aliphatic heterocycles. The molecule has 3 aromatic heterocycles. The van der Waals surface area contributed by atoms with Crippen molar-refractivity contribution in [2.24, 2.45) is 0 Å². The molecule has 0 radical (unpaired) electrons. The zero-order chi connectivity index (χ0) is 16.6. The van der Waals surface area contributed by atoms with Crippen molar-refractivity contribution in [3.63, 3.8) is 0 Å². The Morgan fingerprint density at radius 1 is 1.35 bits per heavy atom. The van der Waals surface area contributed by atoms with Crippen LogP contribution in [0.2, 0.25) is 0 Å². The number of nitrogens with two attached hydrogens (primary N) is 1. The summed E-state index contributed by atoms with van der Waals surface area (Å²) in [7, 11) is 0. The first-order chi connectivity index (χ1) is 11.0. The van der Waals surface area contributed by atoms with Crippen LogP contribution in [0.1, 0.15) is 24.2 Å². The van der Waals surface area contributed by atoms with Gasteiger partial charge in [-0.2, -0.15) is 4.52 Å². The van der Waals surface area contributed by atoms with Gasteiger partial charge in [0.25, 0.3) is 5.91 Å². The normalized spacial score (nSPS) is 11.1. The second kappa shape index (κ2) is 6.04. The van der Waals surface area contributed by atoms with E-state index in [1.165, 1.54) is 4.52 Å². The molecule has 0 saturated heterocycles. The highest BCUT2D eigenvalue weighted by atomic mass is 79.9. The minimum Gasteiger partial charge on any atom is -0.446 e. The summed E-state index contributed by atoms with van der Waals surface area (Å²) < 4.78 is 7.54. The zero-order valence-electron chi connectivity index (χ0n) is 12.8.